The third kappa shape index (κ3) is 2.48. The zero-order chi connectivity index (χ0) is 13.9. The van der Waals surface area contributed by atoms with Gasteiger partial charge in [-0.2, -0.15) is 0 Å². The third-order valence-corrected chi connectivity index (χ3v) is 3.21. The van der Waals surface area contributed by atoms with Crippen LogP contribution in [-0.2, 0) is 6.54 Å². The van der Waals surface area contributed by atoms with Crippen LogP contribution in [-0.4, -0.2) is 9.97 Å². The summed E-state index contributed by atoms with van der Waals surface area (Å²) < 4.78 is 5.32. The Hall–Kier alpha value is -2.40. The van der Waals surface area contributed by atoms with E-state index in [1.165, 1.54) is 0 Å². The second-order valence-corrected chi connectivity index (χ2v) is 4.65. The van der Waals surface area contributed by atoms with Gasteiger partial charge in [-0.25, -0.2) is 4.98 Å². The van der Waals surface area contributed by atoms with Crippen molar-refractivity contribution in [2.45, 2.75) is 19.5 Å². The summed E-state index contributed by atoms with van der Waals surface area (Å²) in [6.07, 6.45) is 1.64. The number of furan rings is 1. The summed E-state index contributed by atoms with van der Waals surface area (Å²) in [5.41, 5.74) is 0.594. The fraction of sp³-hybridized carbons (Fsp3) is 0.200. The van der Waals surface area contributed by atoms with Crippen LogP contribution in [0.5, 0.6) is 0 Å². The Morgan fingerprint density at radius 1 is 1.30 bits per heavy atom. The summed E-state index contributed by atoms with van der Waals surface area (Å²) in [5, 5.41) is 3.87. The fourth-order valence-electron chi connectivity index (χ4n) is 2.11. The van der Waals surface area contributed by atoms with Crippen molar-refractivity contribution in [3.8, 4) is 0 Å². The number of hydrogen-bond acceptors (Lipinski definition) is 4. The Morgan fingerprint density at radius 2 is 2.15 bits per heavy atom. The van der Waals surface area contributed by atoms with Crippen molar-refractivity contribution in [3.63, 3.8) is 0 Å². The smallest absolute Gasteiger partial charge is 0.258 e. The number of rotatable bonds is 4. The Kier molecular flexibility index (Phi) is 3.35. The van der Waals surface area contributed by atoms with Gasteiger partial charge in [0, 0.05) is 0 Å². The molecule has 20 heavy (non-hydrogen) atoms. The second kappa shape index (κ2) is 5.30. The fourth-order valence-corrected chi connectivity index (χ4v) is 2.11. The molecule has 5 nitrogen and oxygen atoms in total. The van der Waals surface area contributed by atoms with Gasteiger partial charge in [-0.15, -0.1) is 0 Å². The molecular weight excluding hydrogens is 254 g/mol. The van der Waals surface area contributed by atoms with Crippen LogP contribution < -0.4 is 10.9 Å². The molecule has 0 aliphatic heterocycles. The van der Waals surface area contributed by atoms with Crippen molar-refractivity contribution in [3.05, 3.63) is 64.6 Å². The zero-order valence-corrected chi connectivity index (χ0v) is 11.1. The highest BCUT2D eigenvalue weighted by Crippen LogP contribution is 2.12. The molecule has 3 rings (SSSR count). The highest BCUT2D eigenvalue weighted by Gasteiger charge is 2.09. The minimum Gasteiger partial charge on any atom is -0.468 e. The largest absolute Gasteiger partial charge is 0.468 e. The SMILES string of the molecule is C[C@H](NCc1nc2ccccc2c(=O)[nH]1)c1ccco1. The molecule has 102 valence electrons. The van der Waals surface area contributed by atoms with Gasteiger partial charge in [0.25, 0.3) is 5.56 Å². The second-order valence-electron chi connectivity index (χ2n) is 4.65. The molecule has 5 heteroatoms. The summed E-state index contributed by atoms with van der Waals surface area (Å²) in [6.45, 7) is 2.47. The average Bonchev–Trinajstić information content (AvgIpc) is 2.99. The van der Waals surface area contributed by atoms with Crippen molar-refractivity contribution in [2.75, 3.05) is 0 Å². The van der Waals surface area contributed by atoms with Crippen LogP contribution in [0, 0.1) is 0 Å². The minimum absolute atomic E-state index is 0.0572. The molecule has 0 spiro atoms. The topological polar surface area (TPSA) is 70.9 Å². The first kappa shape index (κ1) is 12.6. The van der Waals surface area contributed by atoms with Crippen LogP contribution >= 0.6 is 0 Å². The van der Waals surface area contributed by atoms with Crippen LogP contribution in [0.3, 0.4) is 0 Å². The Balaban J connectivity index is 1.80. The molecule has 0 unspecified atom stereocenters. The number of para-hydroxylation sites is 1. The molecule has 0 saturated heterocycles. The van der Waals surface area contributed by atoms with E-state index in [1.807, 2.05) is 37.3 Å². The first-order valence-electron chi connectivity index (χ1n) is 6.49. The Morgan fingerprint density at radius 3 is 2.95 bits per heavy atom. The standard InChI is InChI=1S/C15H15N3O2/c1-10(13-7-4-8-20-13)16-9-14-17-12-6-3-2-5-11(12)15(19)18-14/h2-8,10,16H,9H2,1H3,(H,17,18,19)/t10-/m0/s1. The van der Waals surface area contributed by atoms with Crippen LogP contribution in [0.15, 0.2) is 51.9 Å². The molecular formula is C15H15N3O2. The predicted molar refractivity (Wildman–Crippen MR) is 76.3 cm³/mol. The number of nitrogens with one attached hydrogen (secondary N) is 2. The van der Waals surface area contributed by atoms with Gasteiger partial charge in [0.1, 0.15) is 11.6 Å². The molecule has 0 fully saturated rings. The molecule has 1 aromatic carbocycles. The lowest BCUT2D eigenvalue weighted by Gasteiger charge is -2.10. The van der Waals surface area contributed by atoms with Gasteiger partial charge >= 0.3 is 0 Å². The third-order valence-electron chi connectivity index (χ3n) is 3.21. The van der Waals surface area contributed by atoms with Crippen LogP contribution in [0.1, 0.15) is 24.6 Å². The van der Waals surface area contributed by atoms with Gasteiger partial charge in [0.05, 0.1) is 29.8 Å². The first-order chi connectivity index (χ1) is 9.74. The van der Waals surface area contributed by atoms with Crippen molar-refractivity contribution in [1.29, 1.82) is 0 Å². The molecule has 0 aliphatic rings. The number of fused-ring (bicyclic) bond motifs is 1. The normalized spacial score (nSPS) is 12.7. The van der Waals surface area contributed by atoms with E-state index >= 15 is 0 Å². The summed E-state index contributed by atoms with van der Waals surface area (Å²) >= 11 is 0. The molecule has 2 N–H and O–H groups in total. The Labute approximate surface area is 115 Å². The van der Waals surface area contributed by atoms with Crippen LogP contribution in [0.2, 0.25) is 0 Å². The van der Waals surface area contributed by atoms with Crippen molar-refractivity contribution in [1.82, 2.24) is 15.3 Å². The predicted octanol–water partition coefficient (Wildman–Crippen LogP) is 2.37. The molecule has 2 aromatic heterocycles. The maximum atomic E-state index is 11.9. The van der Waals surface area contributed by atoms with E-state index in [4.69, 9.17) is 4.42 Å². The molecule has 1 atom stereocenters. The van der Waals surface area contributed by atoms with Gasteiger partial charge in [-0.3, -0.25) is 4.79 Å². The van der Waals surface area contributed by atoms with Crippen molar-refractivity contribution >= 4 is 10.9 Å². The van der Waals surface area contributed by atoms with E-state index in [0.29, 0.717) is 23.3 Å². The lowest BCUT2D eigenvalue weighted by molar-refractivity contribution is 0.427. The van der Waals surface area contributed by atoms with E-state index < -0.39 is 0 Å². The molecule has 0 radical (unpaired) electrons. The first-order valence-corrected chi connectivity index (χ1v) is 6.49. The number of nitrogens with zero attached hydrogens (tertiary/aromatic N) is 1. The number of benzene rings is 1. The van der Waals surface area contributed by atoms with Crippen molar-refractivity contribution < 1.29 is 4.42 Å². The van der Waals surface area contributed by atoms with Crippen LogP contribution in [0.4, 0.5) is 0 Å². The number of hydrogen-bond donors (Lipinski definition) is 2. The van der Waals surface area contributed by atoms with E-state index in [0.717, 1.165) is 5.76 Å². The van der Waals surface area contributed by atoms with E-state index in [2.05, 4.69) is 15.3 Å². The molecule has 3 aromatic rings. The summed E-state index contributed by atoms with van der Waals surface area (Å²) in [5.74, 6) is 1.47. The van der Waals surface area contributed by atoms with Gasteiger partial charge < -0.3 is 14.7 Å². The molecule has 0 amide bonds. The average molecular weight is 269 g/mol. The maximum Gasteiger partial charge on any atom is 0.258 e. The molecule has 0 saturated carbocycles. The minimum atomic E-state index is -0.113. The summed E-state index contributed by atoms with van der Waals surface area (Å²) in [4.78, 5) is 19.2. The Bertz CT molecular complexity index is 762. The molecule has 2 heterocycles. The number of aromatic amines is 1. The van der Waals surface area contributed by atoms with Gasteiger partial charge in [0.2, 0.25) is 0 Å². The van der Waals surface area contributed by atoms with Crippen LogP contribution in [0.25, 0.3) is 10.9 Å². The summed E-state index contributed by atoms with van der Waals surface area (Å²) in [7, 11) is 0. The van der Waals surface area contributed by atoms with E-state index in [9.17, 15) is 4.79 Å². The number of aromatic nitrogens is 2. The van der Waals surface area contributed by atoms with Gasteiger partial charge in [0.15, 0.2) is 0 Å². The highest BCUT2D eigenvalue weighted by molar-refractivity contribution is 5.77. The molecule has 0 aliphatic carbocycles. The van der Waals surface area contributed by atoms with Gasteiger partial charge in [-0.1, -0.05) is 12.1 Å². The van der Waals surface area contributed by atoms with E-state index in [1.54, 1.807) is 12.3 Å². The molecule has 0 bridgehead atoms. The lowest BCUT2D eigenvalue weighted by Crippen LogP contribution is -2.22. The van der Waals surface area contributed by atoms with Gasteiger partial charge in [-0.05, 0) is 31.2 Å². The highest BCUT2D eigenvalue weighted by atomic mass is 16.3. The lowest BCUT2D eigenvalue weighted by atomic mass is 10.2. The maximum absolute atomic E-state index is 11.9. The quantitative estimate of drug-likeness (QED) is 0.762. The van der Waals surface area contributed by atoms with Crippen molar-refractivity contribution in [2.24, 2.45) is 0 Å². The van der Waals surface area contributed by atoms with E-state index in [-0.39, 0.29) is 11.6 Å². The zero-order valence-electron chi connectivity index (χ0n) is 11.1. The summed E-state index contributed by atoms with van der Waals surface area (Å²) in [6, 6.07) is 11.1. The number of H-pyrrole nitrogens is 1. The monoisotopic (exact) mass is 269 g/mol.